The summed E-state index contributed by atoms with van der Waals surface area (Å²) in [6, 6.07) is -1.38. The maximum absolute atomic E-state index is 13.1. The molecule has 0 heterocycles. The zero-order valence-corrected chi connectivity index (χ0v) is 12.7. The smallest absolute Gasteiger partial charge is 0.290 e. The second kappa shape index (κ2) is 6.27. The quantitative estimate of drug-likeness (QED) is 0.673. The van der Waals surface area contributed by atoms with Crippen molar-refractivity contribution in [1.82, 2.24) is 4.90 Å². The van der Waals surface area contributed by atoms with Crippen molar-refractivity contribution >= 4 is 0 Å². The molecule has 0 saturated carbocycles. The third kappa shape index (κ3) is 5.17. The van der Waals surface area contributed by atoms with Crippen LogP contribution in [0.4, 0.5) is 13.2 Å². The van der Waals surface area contributed by atoms with Crippen molar-refractivity contribution in [3.8, 4) is 0 Å². The summed E-state index contributed by atoms with van der Waals surface area (Å²) < 4.78 is 39.3. The molecular formula is C14H28F3N. The molecule has 0 aliphatic rings. The Balaban J connectivity index is 4.90. The number of nitrogens with zero attached hydrogens (tertiary/aromatic N) is 1. The van der Waals surface area contributed by atoms with Crippen molar-refractivity contribution in [3.63, 3.8) is 0 Å². The highest BCUT2D eigenvalue weighted by molar-refractivity contribution is 4.89. The summed E-state index contributed by atoms with van der Waals surface area (Å²) in [5.74, 6) is 0.0781. The van der Waals surface area contributed by atoms with Crippen molar-refractivity contribution in [2.45, 2.75) is 72.1 Å². The summed E-state index contributed by atoms with van der Waals surface area (Å²) in [4.78, 5) is 1.50. The third-order valence-corrected chi connectivity index (χ3v) is 3.67. The molecule has 0 amide bonds. The normalized spacial score (nSPS) is 15.8. The van der Waals surface area contributed by atoms with E-state index in [2.05, 4.69) is 13.8 Å². The lowest BCUT2D eigenvalue weighted by atomic mass is 9.89. The maximum Gasteiger partial charge on any atom is 0.404 e. The Morgan fingerprint density at radius 3 is 1.72 bits per heavy atom. The molecule has 1 nitrogen and oxygen atoms in total. The van der Waals surface area contributed by atoms with Crippen molar-refractivity contribution in [2.24, 2.45) is 11.8 Å². The highest BCUT2D eigenvalue weighted by Crippen LogP contribution is 2.35. The van der Waals surface area contributed by atoms with Crippen LogP contribution >= 0.6 is 0 Å². The van der Waals surface area contributed by atoms with Crippen LogP contribution in [0.5, 0.6) is 0 Å². The van der Waals surface area contributed by atoms with Gasteiger partial charge in [0.1, 0.15) is 6.04 Å². The van der Waals surface area contributed by atoms with E-state index >= 15 is 0 Å². The van der Waals surface area contributed by atoms with Crippen molar-refractivity contribution in [2.75, 3.05) is 7.05 Å². The van der Waals surface area contributed by atoms with Crippen LogP contribution in [-0.2, 0) is 0 Å². The number of hydrogen-bond acceptors (Lipinski definition) is 1. The van der Waals surface area contributed by atoms with Crippen LogP contribution in [-0.4, -0.2) is 29.7 Å². The Bertz CT molecular complexity index is 244. The monoisotopic (exact) mass is 267 g/mol. The van der Waals surface area contributed by atoms with Gasteiger partial charge in [-0.15, -0.1) is 0 Å². The van der Waals surface area contributed by atoms with Gasteiger partial charge in [0.25, 0.3) is 0 Å². The standard InChI is InChI=1S/C14H28F3N/c1-10(2)8-9-13(5,6)18(7)12(11(3)4)14(15,16)17/h10-12H,8-9H2,1-7H3/t12-/m0/s1. The van der Waals surface area contributed by atoms with Gasteiger partial charge in [-0.25, -0.2) is 0 Å². The SMILES string of the molecule is CC(C)CCC(C)(C)N(C)[C@@H](C(C)C)C(F)(F)F. The van der Waals surface area contributed by atoms with Crippen LogP contribution in [0.2, 0.25) is 0 Å². The van der Waals surface area contributed by atoms with Crippen LogP contribution in [0.1, 0.15) is 54.4 Å². The fourth-order valence-corrected chi connectivity index (χ4v) is 2.24. The van der Waals surface area contributed by atoms with E-state index in [1.807, 2.05) is 13.8 Å². The van der Waals surface area contributed by atoms with E-state index in [0.29, 0.717) is 5.92 Å². The predicted octanol–water partition coefficient (Wildman–Crippen LogP) is 4.72. The van der Waals surface area contributed by atoms with Crippen LogP contribution in [0, 0.1) is 11.8 Å². The maximum atomic E-state index is 13.1. The van der Waals surface area contributed by atoms with E-state index in [9.17, 15) is 13.2 Å². The topological polar surface area (TPSA) is 3.24 Å². The number of hydrogen-bond donors (Lipinski definition) is 0. The lowest BCUT2D eigenvalue weighted by Gasteiger charge is -2.44. The molecule has 0 spiro atoms. The summed E-state index contributed by atoms with van der Waals surface area (Å²) in [5, 5.41) is 0. The van der Waals surface area contributed by atoms with Gasteiger partial charge in [-0.05, 0) is 45.6 Å². The lowest BCUT2D eigenvalue weighted by Crippen LogP contribution is -2.55. The molecule has 0 fully saturated rings. The van der Waals surface area contributed by atoms with Gasteiger partial charge in [0.05, 0.1) is 0 Å². The van der Waals surface area contributed by atoms with Crippen LogP contribution in [0.15, 0.2) is 0 Å². The van der Waals surface area contributed by atoms with Gasteiger partial charge in [0.2, 0.25) is 0 Å². The summed E-state index contributed by atoms with van der Waals surface area (Å²) in [6.45, 7) is 11.3. The molecule has 0 radical (unpaired) electrons. The first kappa shape index (κ1) is 17.8. The molecule has 0 bridgehead atoms. The Hall–Kier alpha value is -0.250. The fourth-order valence-electron chi connectivity index (χ4n) is 2.24. The highest BCUT2D eigenvalue weighted by atomic mass is 19.4. The van der Waals surface area contributed by atoms with E-state index in [1.54, 1.807) is 20.9 Å². The third-order valence-electron chi connectivity index (χ3n) is 3.67. The van der Waals surface area contributed by atoms with Crippen molar-refractivity contribution in [3.05, 3.63) is 0 Å². The zero-order chi connectivity index (χ0) is 14.7. The first-order valence-corrected chi connectivity index (χ1v) is 6.69. The molecule has 0 aromatic rings. The number of alkyl halides is 3. The Labute approximate surface area is 110 Å². The second-order valence-electron chi connectivity index (χ2n) is 6.59. The molecule has 1 atom stereocenters. The van der Waals surface area contributed by atoms with E-state index in [0.717, 1.165) is 12.8 Å². The largest absolute Gasteiger partial charge is 0.404 e. The van der Waals surface area contributed by atoms with Crippen molar-refractivity contribution in [1.29, 1.82) is 0 Å². The van der Waals surface area contributed by atoms with E-state index < -0.39 is 23.7 Å². The molecule has 0 unspecified atom stereocenters. The molecule has 0 aromatic heterocycles. The molecule has 110 valence electrons. The molecule has 0 aliphatic carbocycles. The minimum absolute atomic E-state index is 0.436. The van der Waals surface area contributed by atoms with E-state index in [-0.39, 0.29) is 0 Å². The molecule has 0 aliphatic heterocycles. The molecule has 0 N–H and O–H groups in total. The number of halogens is 3. The summed E-state index contributed by atoms with van der Waals surface area (Å²) in [6.07, 6.45) is -2.45. The summed E-state index contributed by atoms with van der Waals surface area (Å²) >= 11 is 0. The van der Waals surface area contributed by atoms with Crippen molar-refractivity contribution < 1.29 is 13.2 Å². The van der Waals surface area contributed by atoms with Gasteiger partial charge in [-0.3, -0.25) is 4.90 Å². The minimum atomic E-state index is -4.17. The summed E-state index contributed by atoms with van der Waals surface area (Å²) in [5.41, 5.74) is -0.436. The fraction of sp³-hybridized carbons (Fsp3) is 1.00. The second-order valence-corrected chi connectivity index (χ2v) is 6.59. The van der Waals surface area contributed by atoms with E-state index in [1.165, 1.54) is 4.90 Å². The van der Waals surface area contributed by atoms with E-state index in [4.69, 9.17) is 0 Å². The van der Waals surface area contributed by atoms with Gasteiger partial charge in [0.15, 0.2) is 0 Å². The van der Waals surface area contributed by atoms with Gasteiger partial charge >= 0.3 is 6.18 Å². The predicted molar refractivity (Wildman–Crippen MR) is 70.6 cm³/mol. The minimum Gasteiger partial charge on any atom is -0.290 e. The Kier molecular flexibility index (Phi) is 6.18. The van der Waals surface area contributed by atoms with Gasteiger partial charge in [0, 0.05) is 5.54 Å². The van der Waals surface area contributed by atoms with Gasteiger partial charge < -0.3 is 0 Å². The highest BCUT2D eigenvalue weighted by Gasteiger charge is 2.47. The molecular weight excluding hydrogens is 239 g/mol. The Morgan fingerprint density at radius 2 is 1.44 bits per heavy atom. The number of rotatable bonds is 6. The first-order chi connectivity index (χ1) is 7.89. The molecule has 0 saturated heterocycles. The molecule has 0 aromatic carbocycles. The van der Waals surface area contributed by atoms with Crippen LogP contribution in [0.3, 0.4) is 0 Å². The molecule has 18 heavy (non-hydrogen) atoms. The van der Waals surface area contributed by atoms with Gasteiger partial charge in [-0.2, -0.15) is 13.2 Å². The summed E-state index contributed by atoms with van der Waals surface area (Å²) in [7, 11) is 1.60. The zero-order valence-electron chi connectivity index (χ0n) is 12.7. The molecule has 4 heteroatoms. The van der Waals surface area contributed by atoms with Crippen LogP contribution < -0.4 is 0 Å². The first-order valence-electron chi connectivity index (χ1n) is 6.69. The lowest BCUT2D eigenvalue weighted by molar-refractivity contribution is -0.204. The van der Waals surface area contributed by atoms with Gasteiger partial charge in [-0.1, -0.05) is 27.7 Å². The Morgan fingerprint density at radius 1 is 1.00 bits per heavy atom. The average Bonchev–Trinajstić information content (AvgIpc) is 2.11. The van der Waals surface area contributed by atoms with Crippen LogP contribution in [0.25, 0.3) is 0 Å². The average molecular weight is 267 g/mol. The molecule has 0 rings (SSSR count).